The lowest BCUT2D eigenvalue weighted by atomic mass is 10.0. The molecular formula is C18H20N2O4. The summed E-state index contributed by atoms with van der Waals surface area (Å²) < 4.78 is 0. The molecule has 1 fully saturated rings. The Labute approximate surface area is 140 Å². The average molecular weight is 328 g/mol. The summed E-state index contributed by atoms with van der Waals surface area (Å²) in [7, 11) is 0. The number of benzene rings is 2. The summed E-state index contributed by atoms with van der Waals surface area (Å²) in [5.74, 6) is -0.718. The van der Waals surface area contributed by atoms with Crippen molar-refractivity contribution in [1.82, 2.24) is 10.4 Å². The maximum Gasteiger partial charge on any atom is 0.266 e. The molecule has 1 saturated heterocycles. The number of fused-ring (bicyclic) bond motifs is 1. The normalized spacial score (nSPS) is 17.2. The number of carbonyl (C=O) groups excluding carboxylic acids is 2. The van der Waals surface area contributed by atoms with Crippen LogP contribution in [-0.4, -0.2) is 41.0 Å². The van der Waals surface area contributed by atoms with Gasteiger partial charge in [-0.25, -0.2) is 5.48 Å². The van der Waals surface area contributed by atoms with Crippen molar-refractivity contribution in [2.45, 2.75) is 25.8 Å². The third-order valence-corrected chi connectivity index (χ3v) is 4.26. The number of phenolic OH excluding ortho intramolecular Hbond substituents is 1. The van der Waals surface area contributed by atoms with E-state index in [9.17, 15) is 14.7 Å². The minimum absolute atomic E-state index is 0.0473. The number of nitrogens with zero attached hydrogens (tertiary/aromatic N) is 1. The van der Waals surface area contributed by atoms with Gasteiger partial charge < -0.3 is 10.0 Å². The summed E-state index contributed by atoms with van der Waals surface area (Å²) >= 11 is 0. The zero-order chi connectivity index (χ0) is 17.1. The van der Waals surface area contributed by atoms with E-state index < -0.39 is 6.04 Å². The Kier molecular flexibility index (Phi) is 4.66. The van der Waals surface area contributed by atoms with Crippen molar-refractivity contribution in [1.29, 1.82) is 0 Å². The number of amides is 2. The van der Waals surface area contributed by atoms with Gasteiger partial charge in [0.2, 0.25) is 0 Å². The van der Waals surface area contributed by atoms with Crippen LogP contribution in [-0.2, 0) is 9.63 Å². The maximum absolute atomic E-state index is 12.8. The van der Waals surface area contributed by atoms with Crippen LogP contribution >= 0.6 is 0 Å². The third-order valence-electron chi connectivity index (χ3n) is 4.26. The summed E-state index contributed by atoms with van der Waals surface area (Å²) in [6.07, 6.45) is 1.32. The first-order valence-corrected chi connectivity index (χ1v) is 8.06. The molecule has 6 nitrogen and oxygen atoms in total. The highest BCUT2D eigenvalue weighted by molar-refractivity contribution is 6.05. The van der Waals surface area contributed by atoms with Gasteiger partial charge >= 0.3 is 0 Å². The summed E-state index contributed by atoms with van der Waals surface area (Å²) in [4.78, 5) is 31.4. The second-order valence-corrected chi connectivity index (χ2v) is 5.74. The molecule has 24 heavy (non-hydrogen) atoms. The van der Waals surface area contributed by atoms with Gasteiger partial charge in [-0.3, -0.25) is 14.4 Å². The van der Waals surface area contributed by atoms with Gasteiger partial charge in [-0.05, 0) is 31.2 Å². The minimum atomic E-state index is -0.574. The third kappa shape index (κ3) is 2.92. The van der Waals surface area contributed by atoms with Gasteiger partial charge in [0, 0.05) is 11.9 Å². The van der Waals surface area contributed by atoms with Crippen molar-refractivity contribution in [3.63, 3.8) is 0 Å². The van der Waals surface area contributed by atoms with Gasteiger partial charge in [0.25, 0.3) is 11.8 Å². The van der Waals surface area contributed by atoms with E-state index in [1.807, 2.05) is 18.2 Å². The van der Waals surface area contributed by atoms with Gasteiger partial charge in [-0.1, -0.05) is 30.3 Å². The number of hydroxylamine groups is 1. The standard InChI is InChI=1S/C18H20N2O4/c1-2-24-19-17(22)15-8-5-11-20(15)18(23)14-10-9-12-6-3-4-7-13(12)16(14)21/h3-4,6-7,9-10,15,21H,2,5,8,11H2,1H3,(H,19,22)/t15-/m0/s1. The predicted molar refractivity (Wildman–Crippen MR) is 89.4 cm³/mol. The minimum Gasteiger partial charge on any atom is -0.506 e. The van der Waals surface area contributed by atoms with Crippen LogP contribution in [0.15, 0.2) is 36.4 Å². The molecule has 1 aliphatic heterocycles. The zero-order valence-corrected chi connectivity index (χ0v) is 13.5. The first kappa shape index (κ1) is 16.3. The fourth-order valence-electron chi connectivity index (χ4n) is 3.08. The Hall–Kier alpha value is -2.60. The van der Waals surface area contributed by atoms with Crippen LogP contribution in [0.3, 0.4) is 0 Å². The van der Waals surface area contributed by atoms with Crippen LogP contribution < -0.4 is 5.48 Å². The predicted octanol–water partition coefficient (Wildman–Crippen LogP) is 2.22. The molecule has 6 heteroatoms. The number of nitrogens with one attached hydrogen (secondary N) is 1. The molecule has 0 aromatic heterocycles. The SMILES string of the molecule is CCONC(=O)[C@@H]1CCCN1C(=O)c1ccc2ccccc2c1O. The molecule has 2 aromatic carbocycles. The number of carbonyl (C=O) groups is 2. The smallest absolute Gasteiger partial charge is 0.266 e. The number of phenols is 1. The topological polar surface area (TPSA) is 78.9 Å². The van der Waals surface area contributed by atoms with Crippen LogP contribution in [0.4, 0.5) is 0 Å². The molecule has 1 atom stereocenters. The summed E-state index contributed by atoms with van der Waals surface area (Å²) in [6, 6.07) is 10.2. The Balaban J connectivity index is 1.88. The molecule has 0 unspecified atom stereocenters. The van der Waals surface area contributed by atoms with Crippen molar-refractivity contribution in [2.24, 2.45) is 0 Å². The first-order valence-electron chi connectivity index (χ1n) is 8.06. The Morgan fingerprint density at radius 1 is 1.29 bits per heavy atom. The monoisotopic (exact) mass is 328 g/mol. The number of aromatic hydroxyl groups is 1. The van der Waals surface area contributed by atoms with Gasteiger partial charge in [0.1, 0.15) is 11.8 Å². The number of hydrogen-bond acceptors (Lipinski definition) is 4. The van der Waals surface area contributed by atoms with Crippen LogP contribution in [0.1, 0.15) is 30.1 Å². The van der Waals surface area contributed by atoms with E-state index in [1.54, 1.807) is 25.1 Å². The molecular weight excluding hydrogens is 308 g/mol. The van der Waals surface area contributed by atoms with E-state index in [-0.39, 0.29) is 23.1 Å². The second-order valence-electron chi connectivity index (χ2n) is 5.74. The summed E-state index contributed by atoms with van der Waals surface area (Å²) in [5.41, 5.74) is 2.57. The molecule has 3 rings (SSSR count). The molecule has 1 aliphatic rings. The van der Waals surface area contributed by atoms with E-state index in [0.717, 1.165) is 11.8 Å². The lowest BCUT2D eigenvalue weighted by Gasteiger charge is -2.24. The highest BCUT2D eigenvalue weighted by Gasteiger charge is 2.35. The van der Waals surface area contributed by atoms with Crippen molar-refractivity contribution in [3.8, 4) is 5.75 Å². The quantitative estimate of drug-likeness (QED) is 0.844. The number of likely N-dealkylation sites (tertiary alicyclic amines) is 1. The van der Waals surface area contributed by atoms with Gasteiger partial charge in [-0.2, -0.15) is 0 Å². The number of hydrogen-bond donors (Lipinski definition) is 2. The lowest BCUT2D eigenvalue weighted by Crippen LogP contribution is -2.45. The van der Waals surface area contributed by atoms with Crippen LogP contribution in [0.5, 0.6) is 5.75 Å². The van der Waals surface area contributed by atoms with E-state index in [2.05, 4.69) is 5.48 Å². The largest absolute Gasteiger partial charge is 0.506 e. The zero-order valence-electron chi connectivity index (χ0n) is 13.5. The molecule has 0 radical (unpaired) electrons. The molecule has 0 bridgehead atoms. The molecule has 126 valence electrons. The van der Waals surface area contributed by atoms with Crippen molar-refractivity contribution in [2.75, 3.05) is 13.2 Å². The van der Waals surface area contributed by atoms with E-state index in [4.69, 9.17) is 4.84 Å². The fourth-order valence-corrected chi connectivity index (χ4v) is 3.08. The van der Waals surface area contributed by atoms with Gasteiger partial charge in [0.15, 0.2) is 0 Å². The van der Waals surface area contributed by atoms with Crippen LogP contribution in [0, 0.1) is 0 Å². The second kappa shape index (κ2) is 6.88. The van der Waals surface area contributed by atoms with Gasteiger partial charge in [-0.15, -0.1) is 0 Å². The van der Waals surface area contributed by atoms with Crippen molar-refractivity contribution in [3.05, 3.63) is 42.0 Å². The molecule has 1 heterocycles. The highest BCUT2D eigenvalue weighted by atomic mass is 16.6. The van der Waals surface area contributed by atoms with Crippen molar-refractivity contribution >= 4 is 22.6 Å². The summed E-state index contributed by atoms with van der Waals surface area (Å²) in [6.45, 7) is 2.61. The summed E-state index contributed by atoms with van der Waals surface area (Å²) in [5, 5.41) is 12.0. The molecule has 2 aromatic rings. The Morgan fingerprint density at radius 3 is 2.88 bits per heavy atom. The molecule has 0 saturated carbocycles. The number of rotatable bonds is 4. The molecule has 0 spiro atoms. The van der Waals surface area contributed by atoms with E-state index in [0.29, 0.717) is 25.0 Å². The molecule has 2 amide bonds. The van der Waals surface area contributed by atoms with E-state index >= 15 is 0 Å². The van der Waals surface area contributed by atoms with E-state index in [1.165, 1.54) is 4.90 Å². The van der Waals surface area contributed by atoms with Gasteiger partial charge in [0.05, 0.1) is 12.2 Å². The Bertz CT molecular complexity index is 775. The van der Waals surface area contributed by atoms with Crippen LogP contribution in [0.2, 0.25) is 0 Å². The highest BCUT2D eigenvalue weighted by Crippen LogP contribution is 2.31. The van der Waals surface area contributed by atoms with Crippen LogP contribution in [0.25, 0.3) is 10.8 Å². The lowest BCUT2D eigenvalue weighted by molar-refractivity contribution is -0.137. The van der Waals surface area contributed by atoms with Crippen molar-refractivity contribution < 1.29 is 19.5 Å². The Morgan fingerprint density at radius 2 is 2.08 bits per heavy atom. The first-order chi connectivity index (χ1) is 11.6. The molecule has 0 aliphatic carbocycles. The fraction of sp³-hybridized carbons (Fsp3) is 0.333. The molecule has 2 N–H and O–H groups in total. The maximum atomic E-state index is 12.8. The average Bonchev–Trinajstić information content (AvgIpc) is 3.09.